The summed E-state index contributed by atoms with van der Waals surface area (Å²) in [4.78, 5) is 2.05. The molecule has 3 heterocycles. The van der Waals surface area contributed by atoms with Gasteiger partial charge in [-0.15, -0.1) is 10.2 Å². The number of β-amino-alcohol motifs (C(OH)–C–C–N with tert-alkyl or cyclic N) is 1. The van der Waals surface area contributed by atoms with Crippen LogP contribution in [0, 0.1) is 5.82 Å². The first kappa shape index (κ1) is 15.0. The molecule has 0 bridgehead atoms. The van der Waals surface area contributed by atoms with Gasteiger partial charge in [-0.25, -0.2) is 4.39 Å². The zero-order valence-electron chi connectivity index (χ0n) is 12.8. The van der Waals surface area contributed by atoms with Gasteiger partial charge in [-0.1, -0.05) is 12.1 Å². The summed E-state index contributed by atoms with van der Waals surface area (Å²) in [5, 5.41) is 18.0. The monoisotopic (exact) mass is 329 g/mol. The highest BCUT2D eigenvalue weighted by atomic mass is 19.1. The molecule has 0 aliphatic carbocycles. The topological polar surface area (TPSA) is 75.5 Å². The third-order valence-electron chi connectivity index (χ3n) is 4.17. The van der Waals surface area contributed by atoms with Crippen molar-refractivity contribution in [2.45, 2.75) is 25.1 Å². The molecule has 1 aliphatic rings. The average Bonchev–Trinajstić information content (AvgIpc) is 3.29. The summed E-state index contributed by atoms with van der Waals surface area (Å²) in [6, 6.07) is 9.83. The lowest BCUT2D eigenvalue weighted by Crippen LogP contribution is -2.24. The summed E-state index contributed by atoms with van der Waals surface area (Å²) < 4.78 is 24.0. The normalized spacial score (nSPS) is 21.4. The number of hydrogen-bond donors (Lipinski definition) is 1. The lowest BCUT2D eigenvalue weighted by atomic mass is 10.0. The van der Waals surface area contributed by atoms with Crippen molar-refractivity contribution < 1.29 is 18.3 Å². The highest BCUT2D eigenvalue weighted by molar-refractivity contribution is 5.42. The number of furan rings is 1. The summed E-state index contributed by atoms with van der Waals surface area (Å²) >= 11 is 0. The van der Waals surface area contributed by atoms with E-state index >= 15 is 0 Å². The molecule has 0 spiro atoms. The molecule has 24 heavy (non-hydrogen) atoms. The van der Waals surface area contributed by atoms with Gasteiger partial charge in [-0.3, -0.25) is 4.90 Å². The highest BCUT2D eigenvalue weighted by Crippen LogP contribution is 2.33. The first-order chi connectivity index (χ1) is 11.7. The molecule has 1 fully saturated rings. The maximum Gasteiger partial charge on any atom is 0.283 e. The van der Waals surface area contributed by atoms with Crippen molar-refractivity contribution in [1.29, 1.82) is 0 Å². The summed E-state index contributed by atoms with van der Waals surface area (Å²) in [6.45, 7) is 0.910. The van der Waals surface area contributed by atoms with Gasteiger partial charge in [-0.05, 0) is 36.2 Å². The van der Waals surface area contributed by atoms with Crippen LogP contribution in [0.4, 0.5) is 4.39 Å². The molecule has 1 aromatic carbocycles. The van der Waals surface area contributed by atoms with E-state index in [-0.39, 0.29) is 11.9 Å². The fraction of sp³-hybridized carbons (Fsp3) is 0.294. The van der Waals surface area contributed by atoms with Crippen LogP contribution in [-0.2, 0) is 6.54 Å². The van der Waals surface area contributed by atoms with Gasteiger partial charge in [0.1, 0.15) is 5.82 Å². The predicted octanol–water partition coefficient (Wildman–Crippen LogP) is 2.78. The fourth-order valence-corrected chi connectivity index (χ4v) is 3.08. The number of benzene rings is 1. The molecular weight excluding hydrogens is 313 g/mol. The number of aromatic nitrogens is 2. The summed E-state index contributed by atoms with van der Waals surface area (Å²) in [5.74, 6) is 1.02. The molecule has 0 saturated carbocycles. The Labute approximate surface area is 137 Å². The molecule has 2 aromatic heterocycles. The first-order valence-electron chi connectivity index (χ1n) is 7.73. The van der Waals surface area contributed by atoms with Crippen LogP contribution >= 0.6 is 0 Å². The number of likely N-dealkylation sites (tertiary alicyclic amines) is 1. The Morgan fingerprint density at radius 1 is 1.21 bits per heavy atom. The van der Waals surface area contributed by atoms with Crippen LogP contribution in [0.15, 0.2) is 51.5 Å². The Morgan fingerprint density at radius 3 is 2.79 bits per heavy atom. The van der Waals surface area contributed by atoms with Gasteiger partial charge in [0, 0.05) is 12.6 Å². The van der Waals surface area contributed by atoms with Gasteiger partial charge in [0.15, 0.2) is 5.76 Å². The van der Waals surface area contributed by atoms with Crippen LogP contribution in [0.3, 0.4) is 0 Å². The number of hydrogen-bond acceptors (Lipinski definition) is 6. The number of aliphatic hydroxyl groups excluding tert-OH is 1. The number of aliphatic hydroxyl groups is 1. The van der Waals surface area contributed by atoms with Crippen molar-refractivity contribution >= 4 is 0 Å². The van der Waals surface area contributed by atoms with E-state index in [9.17, 15) is 9.50 Å². The second-order valence-corrected chi connectivity index (χ2v) is 5.86. The molecule has 0 unspecified atom stereocenters. The van der Waals surface area contributed by atoms with Crippen LogP contribution in [0.5, 0.6) is 0 Å². The van der Waals surface area contributed by atoms with E-state index in [1.54, 1.807) is 30.5 Å². The van der Waals surface area contributed by atoms with Crippen molar-refractivity contribution in [1.82, 2.24) is 15.1 Å². The Hall–Kier alpha value is -2.51. The van der Waals surface area contributed by atoms with E-state index in [4.69, 9.17) is 8.83 Å². The fourth-order valence-electron chi connectivity index (χ4n) is 3.08. The molecular formula is C17H16FN3O3. The maximum atomic E-state index is 13.1. The van der Waals surface area contributed by atoms with Crippen LogP contribution in [0.1, 0.15) is 23.9 Å². The minimum absolute atomic E-state index is 0.0143. The van der Waals surface area contributed by atoms with Crippen molar-refractivity contribution in [2.75, 3.05) is 6.54 Å². The predicted molar refractivity (Wildman–Crippen MR) is 82.2 cm³/mol. The molecule has 0 amide bonds. The smallest absolute Gasteiger partial charge is 0.283 e. The average molecular weight is 329 g/mol. The summed E-state index contributed by atoms with van der Waals surface area (Å²) in [7, 11) is 0. The van der Waals surface area contributed by atoms with E-state index < -0.39 is 6.10 Å². The molecule has 4 rings (SSSR count). The first-order valence-corrected chi connectivity index (χ1v) is 7.73. The van der Waals surface area contributed by atoms with E-state index in [1.807, 2.05) is 0 Å². The van der Waals surface area contributed by atoms with E-state index in [0.29, 0.717) is 37.1 Å². The highest BCUT2D eigenvalue weighted by Gasteiger charge is 2.33. The second kappa shape index (κ2) is 6.18. The summed E-state index contributed by atoms with van der Waals surface area (Å²) in [6.07, 6.45) is 1.69. The molecule has 7 heteroatoms. The minimum Gasteiger partial charge on any atom is -0.459 e. The van der Waals surface area contributed by atoms with Gasteiger partial charge in [0.25, 0.3) is 5.89 Å². The Kier molecular flexibility index (Phi) is 3.87. The lowest BCUT2D eigenvalue weighted by Gasteiger charge is -2.22. The van der Waals surface area contributed by atoms with Crippen LogP contribution in [0.25, 0.3) is 11.7 Å². The van der Waals surface area contributed by atoms with Crippen molar-refractivity contribution in [2.24, 2.45) is 0 Å². The zero-order valence-corrected chi connectivity index (χ0v) is 12.8. The van der Waals surface area contributed by atoms with Crippen LogP contribution < -0.4 is 0 Å². The molecule has 124 valence electrons. The molecule has 1 saturated heterocycles. The maximum absolute atomic E-state index is 13.1. The molecule has 6 nitrogen and oxygen atoms in total. The van der Waals surface area contributed by atoms with E-state index in [0.717, 1.165) is 5.56 Å². The van der Waals surface area contributed by atoms with Crippen molar-refractivity contribution in [3.8, 4) is 11.7 Å². The number of halogens is 1. The van der Waals surface area contributed by atoms with Crippen molar-refractivity contribution in [3.63, 3.8) is 0 Å². The third kappa shape index (κ3) is 2.95. The molecule has 3 aromatic rings. The quantitative estimate of drug-likeness (QED) is 0.793. The molecule has 2 atom stereocenters. The number of nitrogens with zero attached hydrogens (tertiary/aromatic N) is 3. The SMILES string of the molecule is O[C@H]1C[C@@H](c2ccc(F)cc2)N(Cc2nnc(-c3ccco3)o2)C1. The van der Waals surface area contributed by atoms with Crippen molar-refractivity contribution in [3.05, 3.63) is 59.9 Å². The van der Waals surface area contributed by atoms with Crippen LogP contribution in [0.2, 0.25) is 0 Å². The van der Waals surface area contributed by atoms with Gasteiger partial charge in [0.2, 0.25) is 5.89 Å². The summed E-state index contributed by atoms with van der Waals surface area (Å²) in [5.41, 5.74) is 0.957. The Balaban J connectivity index is 1.53. The molecule has 0 radical (unpaired) electrons. The third-order valence-corrected chi connectivity index (χ3v) is 4.17. The van der Waals surface area contributed by atoms with Gasteiger partial charge < -0.3 is 13.9 Å². The molecule has 1 N–H and O–H groups in total. The van der Waals surface area contributed by atoms with E-state index in [2.05, 4.69) is 15.1 Å². The largest absolute Gasteiger partial charge is 0.459 e. The van der Waals surface area contributed by atoms with Gasteiger partial charge in [0.05, 0.1) is 18.9 Å². The standard InChI is InChI=1S/C17H16FN3O3/c18-12-5-3-11(4-6-12)14-8-13(22)9-21(14)10-16-19-20-17(24-16)15-2-1-7-23-15/h1-7,13-14,22H,8-10H2/t13-,14-/m0/s1. The Morgan fingerprint density at radius 2 is 2.04 bits per heavy atom. The lowest BCUT2D eigenvalue weighted by molar-refractivity contribution is 0.167. The van der Waals surface area contributed by atoms with E-state index in [1.165, 1.54) is 12.1 Å². The minimum atomic E-state index is -0.437. The molecule has 1 aliphatic heterocycles. The number of rotatable bonds is 4. The zero-order chi connectivity index (χ0) is 16.5. The van der Waals surface area contributed by atoms with Gasteiger partial charge in [-0.2, -0.15) is 0 Å². The second-order valence-electron chi connectivity index (χ2n) is 5.86. The Bertz CT molecular complexity index is 801. The van der Waals surface area contributed by atoms with Gasteiger partial charge >= 0.3 is 0 Å². The van der Waals surface area contributed by atoms with Crippen LogP contribution in [-0.4, -0.2) is 32.9 Å².